The lowest BCUT2D eigenvalue weighted by Crippen LogP contribution is -2.48. The summed E-state index contributed by atoms with van der Waals surface area (Å²) in [5.74, 6) is 0.607. The first kappa shape index (κ1) is 20.9. The zero-order valence-corrected chi connectivity index (χ0v) is 18.0. The number of amides is 3. The van der Waals surface area contributed by atoms with Crippen molar-refractivity contribution < 1.29 is 14.4 Å². The van der Waals surface area contributed by atoms with Crippen LogP contribution < -0.4 is 10.2 Å². The molecule has 1 saturated carbocycles. The topological polar surface area (TPSA) is 69.7 Å². The fraction of sp³-hybridized carbons (Fsp3) is 0.625. The number of fused-ring (bicyclic) bond motifs is 1. The van der Waals surface area contributed by atoms with E-state index < -0.39 is 0 Å². The fourth-order valence-electron chi connectivity index (χ4n) is 5.11. The van der Waals surface area contributed by atoms with Gasteiger partial charge in [0.25, 0.3) is 5.91 Å². The van der Waals surface area contributed by atoms with Gasteiger partial charge in [-0.05, 0) is 55.9 Å². The summed E-state index contributed by atoms with van der Waals surface area (Å²) in [6.45, 7) is 4.04. The number of hydrogen-bond donors (Lipinski definition) is 1. The van der Waals surface area contributed by atoms with Gasteiger partial charge < -0.3 is 15.1 Å². The summed E-state index contributed by atoms with van der Waals surface area (Å²) in [5, 5.41) is 3.15. The van der Waals surface area contributed by atoms with Gasteiger partial charge in [0.05, 0.1) is 0 Å². The Morgan fingerprint density at radius 2 is 1.73 bits per heavy atom. The summed E-state index contributed by atoms with van der Waals surface area (Å²) < 4.78 is 0. The van der Waals surface area contributed by atoms with E-state index in [0.29, 0.717) is 24.4 Å². The molecule has 4 rings (SSSR count). The highest BCUT2D eigenvalue weighted by Gasteiger charge is 2.30. The Kier molecular flexibility index (Phi) is 6.40. The third kappa shape index (κ3) is 4.37. The summed E-state index contributed by atoms with van der Waals surface area (Å²) >= 11 is 0. The number of rotatable bonds is 4. The van der Waals surface area contributed by atoms with E-state index in [1.165, 1.54) is 19.3 Å². The van der Waals surface area contributed by atoms with Crippen molar-refractivity contribution in [3.63, 3.8) is 0 Å². The van der Waals surface area contributed by atoms with Crippen LogP contribution in [-0.4, -0.2) is 48.3 Å². The first-order valence-electron chi connectivity index (χ1n) is 11.6. The van der Waals surface area contributed by atoms with E-state index in [0.717, 1.165) is 56.4 Å². The van der Waals surface area contributed by atoms with Gasteiger partial charge in [-0.15, -0.1) is 0 Å². The minimum absolute atomic E-state index is 0.0601. The maximum atomic E-state index is 12.8. The van der Waals surface area contributed by atoms with Crippen LogP contribution in [0.3, 0.4) is 0 Å². The predicted octanol–water partition coefficient (Wildman–Crippen LogP) is 3.29. The van der Waals surface area contributed by atoms with Crippen molar-refractivity contribution >= 4 is 23.4 Å². The Morgan fingerprint density at radius 1 is 1.00 bits per heavy atom. The molecule has 0 unspecified atom stereocenters. The lowest BCUT2D eigenvalue weighted by molar-refractivity contribution is -0.137. The van der Waals surface area contributed by atoms with Crippen LogP contribution in [-0.2, 0) is 16.0 Å². The molecule has 3 amide bonds. The van der Waals surface area contributed by atoms with E-state index in [1.807, 2.05) is 34.9 Å². The molecule has 0 radical (unpaired) electrons. The number of nitrogens with one attached hydrogen (secondary N) is 1. The summed E-state index contributed by atoms with van der Waals surface area (Å²) in [4.78, 5) is 41.4. The van der Waals surface area contributed by atoms with Gasteiger partial charge in [0.15, 0.2) is 0 Å². The van der Waals surface area contributed by atoms with E-state index in [9.17, 15) is 14.4 Å². The molecule has 2 fully saturated rings. The van der Waals surface area contributed by atoms with E-state index in [1.54, 1.807) is 0 Å². The monoisotopic (exact) mass is 411 g/mol. The molecule has 162 valence electrons. The molecule has 0 bridgehead atoms. The summed E-state index contributed by atoms with van der Waals surface area (Å²) in [7, 11) is 0. The maximum absolute atomic E-state index is 12.8. The van der Waals surface area contributed by atoms with Crippen molar-refractivity contribution in [2.24, 2.45) is 5.92 Å². The molecule has 6 nitrogen and oxygen atoms in total. The smallest absolute Gasteiger partial charge is 0.251 e. The van der Waals surface area contributed by atoms with Crippen molar-refractivity contribution in [1.29, 1.82) is 0 Å². The Bertz CT molecular complexity index is 808. The van der Waals surface area contributed by atoms with Crippen LogP contribution in [0.25, 0.3) is 0 Å². The highest BCUT2D eigenvalue weighted by atomic mass is 16.2. The third-order valence-corrected chi connectivity index (χ3v) is 6.94. The number of piperidine rings is 1. The van der Waals surface area contributed by atoms with Gasteiger partial charge >= 0.3 is 0 Å². The first-order chi connectivity index (χ1) is 14.6. The molecule has 1 saturated heterocycles. The van der Waals surface area contributed by atoms with Crippen molar-refractivity contribution in [1.82, 2.24) is 10.2 Å². The second-order valence-corrected chi connectivity index (χ2v) is 8.90. The summed E-state index contributed by atoms with van der Waals surface area (Å²) in [6, 6.07) is 5.75. The van der Waals surface area contributed by atoms with Crippen molar-refractivity contribution in [3.8, 4) is 0 Å². The van der Waals surface area contributed by atoms with Gasteiger partial charge in [-0.2, -0.15) is 0 Å². The SMILES string of the molecule is CCC(=O)N1CCc2cc(C(=O)NC3CCN(C(=O)C4CCCCC4)CC3)ccc21. The largest absolute Gasteiger partial charge is 0.349 e. The van der Waals surface area contributed by atoms with Crippen molar-refractivity contribution in [3.05, 3.63) is 29.3 Å². The van der Waals surface area contributed by atoms with Gasteiger partial charge in [0.1, 0.15) is 0 Å². The molecule has 6 heteroatoms. The minimum Gasteiger partial charge on any atom is -0.349 e. The average Bonchev–Trinajstić information content (AvgIpc) is 3.22. The molecule has 1 aromatic carbocycles. The maximum Gasteiger partial charge on any atom is 0.251 e. The normalized spacial score (nSPS) is 20.2. The Balaban J connectivity index is 1.30. The number of benzene rings is 1. The van der Waals surface area contributed by atoms with Crippen molar-refractivity contribution in [2.75, 3.05) is 24.5 Å². The van der Waals surface area contributed by atoms with Gasteiger partial charge in [-0.25, -0.2) is 0 Å². The molecule has 30 heavy (non-hydrogen) atoms. The quantitative estimate of drug-likeness (QED) is 0.827. The number of hydrogen-bond acceptors (Lipinski definition) is 3. The highest BCUT2D eigenvalue weighted by Crippen LogP contribution is 2.30. The van der Waals surface area contributed by atoms with Crippen LogP contribution in [0.2, 0.25) is 0 Å². The molecular formula is C24H33N3O3. The van der Waals surface area contributed by atoms with Crippen LogP contribution in [0.4, 0.5) is 5.69 Å². The number of anilines is 1. The van der Waals surface area contributed by atoms with Gasteiger partial charge in [-0.3, -0.25) is 14.4 Å². The summed E-state index contributed by atoms with van der Waals surface area (Å²) in [6.07, 6.45) is 8.59. The second-order valence-electron chi connectivity index (χ2n) is 8.90. The van der Waals surface area contributed by atoms with Crippen LogP contribution in [0.15, 0.2) is 18.2 Å². The van der Waals surface area contributed by atoms with E-state index in [-0.39, 0.29) is 23.8 Å². The molecule has 1 N–H and O–H groups in total. The van der Waals surface area contributed by atoms with E-state index in [4.69, 9.17) is 0 Å². The summed E-state index contributed by atoms with van der Waals surface area (Å²) in [5.41, 5.74) is 2.66. The Labute approximate surface area is 179 Å². The van der Waals surface area contributed by atoms with Crippen LogP contribution in [0, 0.1) is 5.92 Å². The average molecular weight is 412 g/mol. The second kappa shape index (κ2) is 9.19. The molecule has 2 heterocycles. The van der Waals surface area contributed by atoms with Gasteiger partial charge in [0.2, 0.25) is 11.8 Å². The molecule has 0 atom stereocenters. The minimum atomic E-state index is -0.0601. The third-order valence-electron chi connectivity index (χ3n) is 6.94. The fourth-order valence-corrected chi connectivity index (χ4v) is 5.11. The molecule has 2 aliphatic heterocycles. The van der Waals surface area contributed by atoms with Crippen molar-refractivity contribution in [2.45, 2.75) is 70.8 Å². The Hall–Kier alpha value is -2.37. The Morgan fingerprint density at radius 3 is 2.43 bits per heavy atom. The number of likely N-dealkylation sites (tertiary alicyclic amines) is 1. The van der Waals surface area contributed by atoms with Crippen LogP contribution in [0.1, 0.15) is 74.2 Å². The van der Waals surface area contributed by atoms with Crippen LogP contribution in [0.5, 0.6) is 0 Å². The van der Waals surface area contributed by atoms with E-state index in [2.05, 4.69) is 5.32 Å². The number of nitrogens with zero attached hydrogens (tertiary/aromatic N) is 2. The number of carbonyl (C=O) groups is 3. The molecule has 1 aromatic rings. The van der Waals surface area contributed by atoms with Crippen LogP contribution >= 0.6 is 0 Å². The molecule has 0 spiro atoms. The molecule has 1 aliphatic carbocycles. The van der Waals surface area contributed by atoms with Gasteiger partial charge in [-0.1, -0.05) is 26.2 Å². The lowest BCUT2D eigenvalue weighted by Gasteiger charge is -2.35. The molecule has 0 aromatic heterocycles. The zero-order chi connectivity index (χ0) is 21.1. The number of carbonyl (C=O) groups excluding carboxylic acids is 3. The first-order valence-corrected chi connectivity index (χ1v) is 11.6. The lowest BCUT2D eigenvalue weighted by atomic mass is 9.87. The zero-order valence-electron chi connectivity index (χ0n) is 18.0. The van der Waals surface area contributed by atoms with Gasteiger partial charge in [0, 0.05) is 49.3 Å². The molecular weight excluding hydrogens is 378 g/mol. The standard InChI is InChI=1S/C24H33N3O3/c1-2-22(28)27-15-10-18-16-19(8-9-21(18)27)23(29)25-20-11-13-26(14-12-20)24(30)17-6-4-3-5-7-17/h8-9,16-17,20H,2-7,10-15H2,1H3,(H,25,29). The highest BCUT2D eigenvalue weighted by molar-refractivity contribution is 5.98. The predicted molar refractivity (Wildman–Crippen MR) is 116 cm³/mol. The van der Waals surface area contributed by atoms with E-state index >= 15 is 0 Å². The molecule has 3 aliphatic rings.